The van der Waals surface area contributed by atoms with E-state index in [0.717, 1.165) is 5.39 Å². The van der Waals surface area contributed by atoms with Gasteiger partial charge in [-0.2, -0.15) is 18.2 Å². The van der Waals surface area contributed by atoms with Gasteiger partial charge in [-0.1, -0.05) is 26.0 Å². The summed E-state index contributed by atoms with van der Waals surface area (Å²) in [7, 11) is 1.17. The number of methoxy groups -OCH3 is 1. The third-order valence-electron chi connectivity index (χ3n) is 11.7. The van der Waals surface area contributed by atoms with E-state index in [1.807, 2.05) is 25.1 Å². The molecule has 3 heterocycles. The Balaban J connectivity index is 1.35. The Kier molecular flexibility index (Phi) is 12.6. The highest BCUT2D eigenvalue weighted by Gasteiger charge is 2.62. The van der Waals surface area contributed by atoms with Gasteiger partial charge in [0.15, 0.2) is 0 Å². The largest absolute Gasteiger partial charge is 0.497 e. The van der Waals surface area contributed by atoms with Crippen molar-refractivity contribution in [3.63, 3.8) is 0 Å². The number of anilines is 1. The van der Waals surface area contributed by atoms with Crippen LogP contribution < -0.4 is 35.3 Å². The van der Waals surface area contributed by atoms with Gasteiger partial charge in [-0.15, -0.1) is 0 Å². The van der Waals surface area contributed by atoms with Crippen LogP contribution in [0.25, 0.3) is 10.8 Å². The van der Waals surface area contributed by atoms with E-state index in [1.165, 1.54) is 4.90 Å². The number of carbonyl (C=O) groups excluding carboxylic acids is 4. The molecule has 4 aliphatic rings. The number of carbonyl (C=O) groups is 4. The molecule has 0 bridgehead atoms. The molecule has 0 spiro atoms. The number of sulfonamides is 1. The van der Waals surface area contributed by atoms with E-state index < -0.39 is 86.4 Å². The fraction of sp³-hybridized carbons (Fsp3) is 0.625. The molecule has 1 saturated heterocycles. The Hall–Kier alpha value is -4.85. The number of pyridine rings is 1. The maximum Gasteiger partial charge on any atom is 0.427 e. The molecule has 2 aromatic rings. The number of benzene rings is 1. The van der Waals surface area contributed by atoms with Crippen molar-refractivity contribution in [3.8, 4) is 11.6 Å². The van der Waals surface area contributed by atoms with Crippen LogP contribution in [0.3, 0.4) is 0 Å². The van der Waals surface area contributed by atoms with Crippen molar-refractivity contribution in [1.82, 2.24) is 30.8 Å². The maximum atomic E-state index is 14.8. The summed E-state index contributed by atoms with van der Waals surface area (Å²) in [5.41, 5.74) is 0.263. The van der Waals surface area contributed by atoms with Gasteiger partial charge in [0.05, 0.1) is 18.9 Å². The fourth-order valence-electron chi connectivity index (χ4n) is 7.74. The minimum absolute atomic E-state index is 0.00565. The first kappa shape index (κ1) is 44.7. The Bertz CT molecular complexity index is 2130. The minimum atomic E-state index is -4.89. The summed E-state index contributed by atoms with van der Waals surface area (Å²) in [4.78, 5) is 63.7. The third kappa shape index (κ3) is 9.69. The summed E-state index contributed by atoms with van der Waals surface area (Å²) in [5, 5.41) is 3.48. The van der Waals surface area contributed by atoms with E-state index in [2.05, 4.69) is 25.6 Å². The number of amides is 4. The Morgan fingerprint density at radius 3 is 2.43 bits per heavy atom. The fourth-order valence-corrected chi connectivity index (χ4v) is 9.11. The Labute approximate surface area is 347 Å². The van der Waals surface area contributed by atoms with E-state index in [1.54, 1.807) is 51.2 Å². The van der Waals surface area contributed by atoms with Gasteiger partial charge in [0.25, 0.3) is 5.91 Å². The first-order chi connectivity index (χ1) is 28.0. The topological polar surface area (TPSA) is 198 Å². The number of nitrogens with zero attached hydrogens (tertiary/aromatic N) is 3. The highest BCUT2D eigenvalue weighted by molar-refractivity contribution is 7.91. The lowest BCUT2D eigenvalue weighted by molar-refractivity contribution is -0.244. The number of alkyl halides is 3. The number of hydrogen-bond donors (Lipinski definition) is 4. The van der Waals surface area contributed by atoms with Gasteiger partial charge in [-0.25, -0.2) is 18.6 Å². The van der Waals surface area contributed by atoms with E-state index >= 15 is 0 Å². The van der Waals surface area contributed by atoms with Gasteiger partial charge in [-0.3, -0.25) is 24.5 Å². The zero-order chi connectivity index (χ0) is 43.9. The number of halogens is 3. The molecular formula is C40H54F3N7O9S. The highest BCUT2D eigenvalue weighted by Crippen LogP contribution is 2.46. The molecule has 20 heteroatoms. The number of nitrogens with one attached hydrogen (secondary N) is 4. The molecule has 2 saturated carbocycles. The first-order valence-corrected chi connectivity index (χ1v) is 21.6. The van der Waals surface area contributed by atoms with Crippen LogP contribution in [-0.2, 0) is 29.1 Å². The molecule has 7 atom stereocenters. The zero-order valence-electron chi connectivity index (χ0n) is 34.7. The number of aromatic nitrogens is 1. The molecule has 2 aliphatic carbocycles. The number of allylic oxidation sites excluding steroid dienone is 1. The van der Waals surface area contributed by atoms with Gasteiger partial charge in [0.1, 0.15) is 35.3 Å². The highest BCUT2D eigenvalue weighted by atomic mass is 32.2. The molecule has 4 N–H and O–H groups in total. The summed E-state index contributed by atoms with van der Waals surface area (Å²) < 4.78 is 85.4. The van der Waals surface area contributed by atoms with E-state index in [4.69, 9.17) is 14.5 Å². The molecule has 330 valence electrons. The second-order valence-electron chi connectivity index (χ2n) is 17.2. The molecule has 7 unspecified atom stereocenters. The van der Waals surface area contributed by atoms with E-state index in [9.17, 15) is 40.8 Å². The lowest BCUT2D eigenvalue weighted by atomic mass is 9.88. The number of hydrogen-bond acceptors (Lipinski definition) is 12. The van der Waals surface area contributed by atoms with Crippen molar-refractivity contribution in [2.24, 2.45) is 17.8 Å². The minimum Gasteiger partial charge on any atom is -0.497 e. The van der Waals surface area contributed by atoms with Crippen molar-refractivity contribution in [2.45, 2.75) is 113 Å². The summed E-state index contributed by atoms with van der Waals surface area (Å²) in [6.45, 7) is 4.92. The van der Waals surface area contributed by atoms with Crippen LogP contribution in [0.1, 0.15) is 72.6 Å². The van der Waals surface area contributed by atoms with Crippen LogP contribution in [0.15, 0.2) is 36.4 Å². The molecule has 0 radical (unpaired) electrons. The predicted octanol–water partition coefficient (Wildman–Crippen LogP) is 4.09. The number of hydrazine groups is 1. The molecule has 6 rings (SSSR count). The van der Waals surface area contributed by atoms with Crippen molar-refractivity contribution in [3.05, 3.63) is 36.4 Å². The maximum absolute atomic E-state index is 14.8. The first-order valence-electron chi connectivity index (χ1n) is 20.0. The lowest BCUT2D eigenvalue weighted by Gasteiger charge is -2.33. The number of rotatable bonds is 10. The van der Waals surface area contributed by atoms with Crippen LogP contribution in [0.5, 0.6) is 11.6 Å². The lowest BCUT2D eigenvalue weighted by Crippen LogP contribution is -2.60. The zero-order valence-corrected chi connectivity index (χ0v) is 35.5. The van der Waals surface area contributed by atoms with Crippen LogP contribution in [-0.4, -0.2) is 111 Å². The Morgan fingerprint density at radius 2 is 1.78 bits per heavy atom. The molecule has 1 aromatic heterocycles. The standard InChI is InChI=1S/C40H54F3N7O9S/c1-22-10-8-9-11-25-20-39(25,36(53)48-60(55,56)28-13-14-28)45-33(51)30-19-27(58-34-29-15-12-26(57-7)17-24(29)18-31(44-34)49(5)6)21-50(30)35(52)32(23(2)16-22)46-47-37(54)59-38(3,4)40(41,42)43/h9,11-12,15,17-18,22-23,25,27-28,30,32,46H,8,10,13-14,16,19-21H2,1-7H3,(H,45,51)(H,47,54)(H,48,53). The SMILES string of the molecule is COc1ccc2c(OC3CC4C(=O)NC5(C(=O)NS(=O)(=O)C6CC6)CC5C=CCCC(C)CC(C)C(NNC(=O)OC(C)(C)C(F)(F)F)C(=O)N4C3)nc(N(C)C)cc2c1. The summed E-state index contributed by atoms with van der Waals surface area (Å²) in [5.74, 6) is -2.02. The van der Waals surface area contributed by atoms with Crippen LogP contribution in [0.4, 0.5) is 23.8 Å². The van der Waals surface area contributed by atoms with Crippen LogP contribution in [0, 0.1) is 17.8 Å². The van der Waals surface area contributed by atoms with Gasteiger partial charge >= 0.3 is 12.3 Å². The van der Waals surface area contributed by atoms with Gasteiger partial charge < -0.3 is 29.3 Å². The van der Waals surface area contributed by atoms with Crippen LogP contribution >= 0.6 is 0 Å². The second-order valence-corrected chi connectivity index (χ2v) is 19.1. The van der Waals surface area contributed by atoms with Gasteiger partial charge in [-0.05, 0) is 93.9 Å². The summed E-state index contributed by atoms with van der Waals surface area (Å²) in [6.07, 6.45) is -1.04. The van der Waals surface area contributed by atoms with Gasteiger partial charge in [0.2, 0.25) is 33.3 Å². The molecule has 16 nitrogen and oxygen atoms in total. The second kappa shape index (κ2) is 16.9. The average Bonchev–Trinajstić information content (AvgIpc) is 4.09. The molecule has 1 aromatic carbocycles. The molecule has 2 aliphatic heterocycles. The van der Waals surface area contributed by atoms with Crippen LogP contribution in [0.2, 0.25) is 0 Å². The Morgan fingerprint density at radius 1 is 1.07 bits per heavy atom. The number of fused-ring (bicyclic) bond motifs is 3. The van der Waals surface area contributed by atoms with Crippen molar-refractivity contribution < 1.29 is 55.0 Å². The monoisotopic (exact) mass is 865 g/mol. The molecule has 4 amide bonds. The van der Waals surface area contributed by atoms with Crippen molar-refractivity contribution in [1.29, 1.82) is 0 Å². The number of ether oxygens (including phenoxy) is 3. The molecule has 60 heavy (non-hydrogen) atoms. The van der Waals surface area contributed by atoms with Gasteiger partial charge in [0, 0.05) is 31.8 Å². The summed E-state index contributed by atoms with van der Waals surface area (Å²) in [6, 6.07) is 4.61. The van der Waals surface area contributed by atoms with E-state index in [0.29, 0.717) is 62.9 Å². The third-order valence-corrected chi connectivity index (χ3v) is 13.5. The van der Waals surface area contributed by atoms with E-state index in [-0.39, 0.29) is 31.2 Å². The summed E-state index contributed by atoms with van der Waals surface area (Å²) >= 11 is 0. The average molecular weight is 866 g/mol. The molecular weight excluding hydrogens is 812 g/mol. The molecule has 3 fully saturated rings. The van der Waals surface area contributed by atoms with Crippen molar-refractivity contribution >= 4 is 50.4 Å². The quantitative estimate of drug-likeness (QED) is 0.198. The smallest absolute Gasteiger partial charge is 0.427 e. The normalized spacial score (nSPS) is 27.7. The predicted molar refractivity (Wildman–Crippen MR) is 214 cm³/mol. The van der Waals surface area contributed by atoms with Crippen molar-refractivity contribution in [2.75, 3.05) is 32.6 Å².